The van der Waals surface area contributed by atoms with E-state index in [2.05, 4.69) is 15.0 Å². The number of ether oxygens (including phenoxy) is 1. The number of aromatic nitrogens is 4. The number of hydrogen-bond acceptors (Lipinski definition) is 4. The van der Waals surface area contributed by atoms with Crippen LogP contribution in [-0.4, -0.2) is 32.7 Å². The topological polar surface area (TPSA) is 52.8 Å². The molecule has 0 fully saturated rings. The Morgan fingerprint density at radius 1 is 1.38 bits per heavy atom. The second-order valence-electron chi connectivity index (χ2n) is 3.09. The van der Waals surface area contributed by atoms with Crippen LogP contribution in [-0.2, 0) is 11.3 Å². The van der Waals surface area contributed by atoms with Crippen molar-refractivity contribution < 1.29 is 4.74 Å². The van der Waals surface area contributed by atoms with Crippen LogP contribution in [0.15, 0.2) is 6.33 Å². The van der Waals surface area contributed by atoms with Crippen LogP contribution in [0.2, 0.25) is 10.4 Å². The number of halogens is 2. The summed E-state index contributed by atoms with van der Waals surface area (Å²) in [6.45, 7) is 3.89. The quantitative estimate of drug-likeness (QED) is 0.481. The van der Waals surface area contributed by atoms with Crippen molar-refractivity contribution in [3.63, 3.8) is 0 Å². The van der Waals surface area contributed by atoms with E-state index in [1.54, 1.807) is 6.33 Å². The van der Waals surface area contributed by atoms with Crippen molar-refractivity contribution in [1.82, 2.24) is 19.5 Å². The van der Waals surface area contributed by atoms with Crippen molar-refractivity contribution in [3.8, 4) is 0 Å². The third-order valence-electron chi connectivity index (χ3n) is 2.07. The van der Waals surface area contributed by atoms with Crippen LogP contribution >= 0.6 is 23.2 Å². The molecule has 0 unspecified atom stereocenters. The predicted octanol–water partition coefficient (Wildman–Crippen LogP) is 2.17. The lowest BCUT2D eigenvalue weighted by molar-refractivity contribution is 0.139. The molecule has 0 amide bonds. The minimum atomic E-state index is 0.121. The van der Waals surface area contributed by atoms with E-state index in [4.69, 9.17) is 27.9 Å². The summed E-state index contributed by atoms with van der Waals surface area (Å²) in [7, 11) is 0. The lowest BCUT2D eigenvalue weighted by atomic mass is 10.5. The van der Waals surface area contributed by atoms with E-state index in [-0.39, 0.29) is 10.4 Å². The Labute approximate surface area is 102 Å². The van der Waals surface area contributed by atoms with E-state index in [0.717, 1.165) is 0 Å². The maximum Gasteiger partial charge on any atom is 0.225 e. The summed E-state index contributed by atoms with van der Waals surface area (Å²) in [5.41, 5.74) is 1.19. The van der Waals surface area contributed by atoms with E-state index < -0.39 is 0 Å². The van der Waals surface area contributed by atoms with Gasteiger partial charge in [0.05, 0.1) is 12.9 Å². The smallest absolute Gasteiger partial charge is 0.225 e. The van der Waals surface area contributed by atoms with Gasteiger partial charge in [-0.05, 0) is 18.5 Å². The molecular formula is C9H10Cl2N4O. The van der Waals surface area contributed by atoms with Crippen LogP contribution in [0.5, 0.6) is 0 Å². The molecule has 0 N–H and O–H groups in total. The summed E-state index contributed by atoms with van der Waals surface area (Å²) < 4.78 is 7.10. The van der Waals surface area contributed by atoms with Crippen LogP contribution < -0.4 is 0 Å². The molecule has 2 rings (SSSR count). The average molecular weight is 261 g/mol. The highest BCUT2D eigenvalue weighted by molar-refractivity contribution is 6.35. The van der Waals surface area contributed by atoms with Gasteiger partial charge in [-0.25, -0.2) is 9.97 Å². The molecule has 86 valence electrons. The van der Waals surface area contributed by atoms with Crippen molar-refractivity contribution in [2.45, 2.75) is 13.5 Å². The third-order valence-corrected chi connectivity index (χ3v) is 2.51. The molecule has 0 radical (unpaired) electrons. The predicted molar refractivity (Wildman–Crippen MR) is 61.8 cm³/mol. The molecule has 2 aromatic rings. The molecule has 0 aliphatic rings. The lowest BCUT2D eigenvalue weighted by Gasteiger charge is -2.03. The molecule has 0 saturated heterocycles. The molecular weight excluding hydrogens is 251 g/mol. The Morgan fingerprint density at radius 3 is 2.94 bits per heavy atom. The molecule has 5 nitrogen and oxygen atoms in total. The maximum absolute atomic E-state index is 5.89. The zero-order valence-corrected chi connectivity index (χ0v) is 10.2. The molecule has 0 aromatic carbocycles. The van der Waals surface area contributed by atoms with Crippen LogP contribution in [0.1, 0.15) is 6.92 Å². The first-order chi connectivity index (χ1) is 7.72. The first kappa shape index (κ1) is 11.6. The number of hydrogen-bond donors (Lipinski definition) is 0. The highest BCUT2D eigenvalue weighted by atomic mass is 35.5. The molecule has 16 heavy (non-hydrogen) atoms. The molecule has 7 heteroatoms. The SMILES string of the molecule is CCOCCn1cnc2c(Cl)nc(Cl)nc21. The van der Waals surface area contributed by atoms with Crippen molar-refractivity contribution >= 4 is 34.4 Å². The van der Waals surface area contributed by atoms with Gasteiger partial charge >= 0.3 is 0 Å². The van der Waals surface area contributed by atoms with Crippen LogP contribution in [0.3, 0.4) is 0 Å². The van der Waals surface area contributed by atoms with Crippen molar-refractivity contribution in [2.24, 2.45) is 0 Å². The van der Waals surface area contributed by atoms with Gasteiger partial charge < -0.3 is 9.30 Å². The van der Waals surface area contributed by atoms with Gasteiger partial charge in [-0.1, -0.05) is 11.6 Å². The number of rotatable bonds is 4. The van der Waals surface area contributed by atoms with Gasteiger partial charge in [0.2, 0.25) is 5.28 Å². The second kappa shape index (κ2) is 4.95. The van der Waals surface area contributed by atoms with Gasteiger partial charge in [0.1, 0.15) is 5.52 Å². The van der Waals surface area contributed by atoms with Gasteiger partial charge in [0.25, 0.3) is 0 Å². The number of imidazole rings is 1. The maximum atomic E-state index is 5.89. The minimum absolute atomic E-state index is 0.121. The fourth-order valence-corrected chi connectivity index (χ4v) is 1.78. The zero-order chi connectivity index (χ0) is 11.5. The Morgan fingerprint density at radius 2 is 2.19 bits per heavy atom. The minimum Gasteiger partial charge on any atom is -0.380 e. The summed E-state index contributed by atoms with van der Waals surface area (Å²) >= 11 is 11.6. The van der Waals surface area contributed by atoms with Gasteiger partial charge in [-0.15, -0.1) is 0 Å². The molecule has 2 heterocycles. The van der Waals surface area contributed by atoms with Crippen LogP contribution in [0, 0.1) is 0 Å². The van der Waals surface area contributed by atoms with E-state index in [1.807, 2.05) is 11.5 Å². The molecule has 0 spiro atoms. The van der Waals surface area contributed by atoms with Crippen molar-refractivity contribution in [1.29, 1.82) is 0 Å². The van der Waals surface area contributed by atoms with Crippen molar-refractivity contribution in [2.75, 3.05) is 13.2 Å². The monoisotopic (exact) mass is 260 g/mol. The van der Waals surface area contributed by atoms with E-state index in [9.17, 15) is 0 Å². The second-order valence-corrected chi connectivity index (χ2v) is 3.79. The summed E-state index contributed by atoms with van der Waals surface area (Å²) in [5.74, 6) is 0. The zero-order valence-electron chi connectivity index (χ0n) is 8.65. The van der Waals surface area contributed by atoms with Gasteiger partial charge in [0.15, 0.2) is 10.8 Å². The molecule has 2 aromatic heterocycles. The molecule has 0 atom stereocenters. The highest BCUT2D eigenvalue weighted by Crippen LogP contribution is 2.20. The number of fused-ring (bicyclic) bond motifs is 1. The average Bonchev–Trinajstić information content (AvgIpc) is 2.62. The number of nitrogens with zero attached hydrogens (tertiary/aromatic N) is 4. The molecule has 0 bridgehead atoms. The van der Waals surface area contributed by atoms with Gasteiger partial charge in [-0.3, -0.25) is 0 Å². The summed E-state index contributed by atoms with van der Waals surface area (Å²) in [5, 5.41) is 0.390. The molecule has 0 aliphatic carbocycles. The fraction of sp³-hybridized carbons (Fsp3) is 0.444. The van der Waals surface area contributed by atoms with Crippen molar-refractivity contribution in [3.05, 3.63) is 16.8 Å². The standard InChI is InChI=1S/C9H10Cl2N4O/c1-2-16-4-3-15-5-12-6-7(10)13-9(11)14-8(6)15/h5H,2-4H2,1H3. The highest BCUT2D eigenvalue weighted by Gasteiger charge is 2.10. The van der Waals surface area contributed by atoms with Crippen LogP contribution in [0.25, 0.3) is 11.2 Å². The van der Waals surface area contributed by atoms with Gasteiger partial charge in [-0.2, -0.15) is 4.98 Å². The molecule has 0 saturated carbocycles. The first-order valence-electron chi connectivity index (χ1n) is 4.84. The molecule has 0 aliphatic heterocycles. The van der Waals surface area contributed by atoms with E-state index >= 15 is 0 Å². The summed E-state index contributed by atoms with van der Waals surface area (Å²) in [4.78, 5) is 12.0. The Kier molecular flexibility index (Phi) is 3.58. The van der Waals surface area contributed by atoms with Gasteiger partial charge in [0, 0.05) is 13.2 Å². The van der Waals surface area contributed by atoms with Crippen LogP contribution in [0.4, 0.5) is 0 Å². The first-order valence-corrected chi connectivity index (χ1v) is 5.59. The lowest BCUT2D eigenvalue weighted by Crippen LogP contribution is -2.05. The summed E-state index contributed by atoms with van der Waals surface area (Å²) in [6.07, 6.45) is 1.65. The largest absolute Gasteiger partial charge is 0.380 e. The third kappa shape index (κ3) is 2.26. The Hall–Kier alpha value is -0.910. The normalized spacial score (nSPS) is 11.2. The Bertz CT molecular complexity index is 499. The summed E-state index contributed by atoms with van der Waals surface area (Å²) in [6, 6.07) is 0. The fourth-order valence-electron chi connectivity index (χ4n) is 1.36. The van der Waals surface area contributed by atoms with E-state index in [0.29, 0.717) is 30.9 Å². The Balaban J connectivity index is 2.32. The van der Waals surface area contributed by atoms with E-state index in [1.165, 1.54) is 0 Å².